The summed E-state index contributed by atoms with van der Waals surface area (Å²) in [4.78, 5) is 0. The summed E-state index contributed by atoms with van der Waals surface area (Å²) < 4.78 is 0. The molecule has 0 saturated heterocycles. The third-order valence-electron chi connectivity index (χ3n) is 1.40. The van der Waals surface area contributed by atoms with Gasteiger partial charge in [0.15, 0.2) is 0 Å². The normalized spacial score (nSPS) is 26.4. The molecule has 1 rings (SSSR count). The molecule has 2 nitrogen and oxygen atoms in total. The van der Waals surface area contributed by atoms with Crippen LogP contribution in [0.3, 0.4) is 0 Å². The van der Waals surface area contributed by atoms with Gasteiger partial charge in [0.2, 0.25) is 0 Å². The number of thioether (sulfide) groups is 1. The Morgan fingerprint density at radius 2 is 2.56 bits per heavy atom. The molecule has 3 heteroatoms. The monoisotopic (exact) mass is 140 g/mol. The van der Waals surface area contributed by atoms with Crippen molar-refractivity contribution in [2.24, 2.45) is 5.73 Å². The lowest BCUT2D eigenvalue weighted by atomic mass is 10.2. The second kappa shape index (κ2) is 2.32. The van der Waals surface area contributed by atoms with Crippen molar-refractivity contribution in [2.45, 2.75) is 12.2 Å². The van der Waals surface area contributed by atoms with Crippen LogP contribution in [0.1, 0.15) is 6.92 Å². The number of hydrogen-bond acceptors (Lipinski definition) is 3. The topological polar surface area (TPSA) is 49.8 Å². The fourth-order valence-electron chi connectivity index (χ4n) is 0.724. The fraction of sp³-hybridized carbons (Fsp3) is 0.500. The Balaban J connectivity index is 2.83. The van der Waals surface area contributed by atoms with E-state index < -0.39 is 0 Å². The molecule has 1 aliphatic heterocycles. The Kier molecular flexibility index (Phi) is 1.68. The van der Waals surface area contributed by atoms with E-state index in [0.717, 1.165) is 17.0 Å². The minimum Gasteiger partial charge on any atom is -0.400 e. The lowest BCUT2D eigenvalue weighted by Crippen LogP contribution is -2.06. The first-order valence-electron chi connectivity index (χ1n) is 2.76. The summed E-state index contributed by atoms with van der Waals surface area (Å²) in [6.45, 7) is 2.02. The lowest BCUT2D eigenvalue weighted by molar-refractivity contribution is 1.09. The van der Waals surface area contributed by atoms with Gasteiger partial charge in [0.1, 0.15) is 0 Å². The van der Waals surface area contributed by atoms with Crippen LogP contribution in [-0.2, 0) is 0 Å². The highest BCUT2D eigenvalue weighted by Crippen LogP contribution is 2.27. The van der Waals surface area contributed by atoms with Crippen molar-refractivity contribution >= 4 is 11.8 Å². The molecule has 1 aliphatic rings. The molecule has 9 heavy (non-hydrogen) atoms. The molecule has 0 bridgehead atoms. The highest BCUT2D eigenvalue weighted by Gasteiger charge is 2.18. The summed E-state index contributed by atoms with van der Waals surface area (Å²) >= 11 is 1.72. The second-order valence-corrected chi connectivity index (χ2v) is 3.33. The third-order valence-corrected chi connectivity index (χ3v) is 2.61. The highest BCUT2D eigenvalue weighted by atomic mass is 32.2. The van der Waals surface area contributed by atoms with E-state index in [-0.39, 0.29) is 0 Å². The number of nitrogens with zero attached hydrogens (tertiary/aromatic N) is 1. The standard InChI is InChI=1S/C6H8N2S/c1-4-6(8)5(2-7)3-9-4/h4H,3,8H2,1H3. The SMILES string of the molecule is CC1SCC(C#N)=C1N. The maximum atomic E-state index is 8.45. The second-order valence-electron chi connectivity index (χ2n) is 2.00. The molecule has 2 N–H and O–H groups in total. The van der Waals surface area contributed by atoms with Crippen molar-refractivity contribution in [2.75, 3.05) is 5.75 Å². The molecule has 0 spiro atoms. The minimum atomic E-state index is 0.347. The van der Waals surface area contributed by atoms with Crippen molar-refractivity contribution in [3.05, 3.63) is 11.3 Å². The maximum absolute atomic E-state index is 8.45. The summed E-state index contributed by atoms with van der Waals surface area (Å²) in [5, 5.41) is 8.80. The van der Waals surface area contributed by atoms with E-state index in [1.807, 2.05) is 6.92 Å². The molecule has 1 unspecified atom stereocenters. The predicted molar refractivity (Wildman–Crippen MR) is 38.7 cm³/mol. The first-order chi connectivity index (χ1) is 4.25. The van der Waals surface area contributed by atoms with Crippen LogP contribution < -0.4 is 5.73 Å². The fourth-order valence-corrected chi connectivity index (χ4v) is 1.69. The zero-order valence-electron chi connectivity index (χ0n) is 5.22. The summed E-state index contributed by atoms with van der Waals surface area (Å²) in [6.07, 6.45) is 0. The summed E-state index contributed by atoms with van der Waals surface area (Å²) in [7, 11) is 0. The van der Waals surface area contributed by atoms with Crippen LogP contribution in [-0.4, -0.2) is 11.0 Å². The first-order valence-corrected chi connectivity index (χ1v) is 3.80. The molecule has 0 aromatic carbocycles. The van der Waals surface area contributed by atoms with Crippen molar-refractivity contribution in [3.63, 3.8) is 0 Å². The molecule has 0 amide bonds. The molecule has 0 aromatic rings. The van der Waals surface area contributed by atoms with Gasteiger partial charge in [0.25, 0.3) is 0 Å². The largest absolute Gasteiger partial charge is 0.400 e. The molecular formula is C6H8N2S. The summed E-state index contributed by atoms with van der Waals surface area (Å²) in [5.74, 6) is 0.795. The molecule has 0 fully saturated rings. The van der Waals surface area contributed by atoms with Crippen LogP contribution in [0.5, 0.6) is 0 Å². The quantitative estimate of drug-likeness (QED) is 0.543. The zero-order chi connectivity index (χ0) is 6.85. The van der Waals surface area contributed by atoms with Crippen LogP contribution in [0.25, 0.3) is 0 Å². The Hall–Kier alpha value is -0.620. The first kappa shape index (κ1) is 6.50. The molecular weight excluding hydrogens is 132 g/mol. The van der Waals surface area contributed by atoms with E-state index in [0.29, 0.717) is 5.25 Å². The molecule has 1 atom stereocenters. The molecule has 0 radical (unpaired) electrons. The van der Waals surface area contributed by atoms with Crippen molar-refractivity contribution in [1.29, 1.82) is 5.26 Å². The molecule has 0 aliphatic carbocycles. The summed E-state index contributed by atoms with van der Waals surface area (Å²) in [6, 6.07) is 2.08. The Morgan fingerprint density at radius 1 is 1.89 bits per heavy atom. The number of hydrogen-bond donors (Lipinski definition) is 1. The van der Waals surface area contributed by atoms with Crippen molar-refractivity contribution < 1.29 is 0 Å². The van der Waals surface area contributed by atoms with Gasteiger partial charge in [-0.05, 0) is 6.92 Å². The number of nitriles is 1. The Labute approximate surface area is 58.7 Å². The number of nitrogens with two attached hydrogens (primary N) is 1. The maximum Gasteiger partial charge on any atom is 0.0974 e. The van der Waals surface area contributed by atoms with E-state index in [9.17, 15) is 0 Å². The van der Waals surface area contributed by atoms with Crippen LogP contribution in [0, 0.1) is 11.3 Å². The van der Waals surface area contributed by atoms with Gasteiger partial charge < -0.3 is 5.73 Å². The summed E-state index contributed by atoms with van der Waals surface area (Å²) in [5.41, 5.74) is 7.09. The van der Waals surface area contributed by atoms with Gasteiger partial charge in [0, 0.05) is 16.7 Å². The van der Waals surface area contributed by atoms with Crippen molar-refractivity contribution in [3.8, 4) is 6.07 Å². The molecule has 1 heterocycles. The third kappa shape index (κ3) is 1.03. The van der Waals surface area contributed by atoms with Gasteiger partial charge in [0.05, 0.1) is 11.6 Å². The van der Waals surface area contributed by atoms with E-state index >= 15 is 0 Å². The van der Waals surface area contributed by atoms with Crippen molar-refractivity contribution in [1.82, 2.24) is 0 Å². The number of rotatable bonds is 0. The van der Waals surface area contributed by atoms with Gasteiger partial charge in [-0.3, -0.25) is 0 Å². The highest BCUT2D eigenvalue weighted by molar-refractivity contribution is 8.00. The van der Waals surface area contributed by atoms with E-state index in [1.165, 1.54) is 0 Å². The van der Waals surface area contributed by atoms with Gasteiger partial charge in [-0.2, -0.15) is 5.26 Å². The molecule has 0 saturated carbocycles. The Bertz CT molecular complexity index is 190. The lowest BCUT2D eigenvalue weighted by Gasteiger charge is -1.98. The average Bonchev–Trinajstić information content (AvgIpc) is 2.15. The van der Waals surface area contributed by atoms with Crippen LogP contribution in [0.2, 0.25) is 0 Å². The van der Waals surface area contributed by atoms with Gasteiger partial charge in [-0.25, -0.2) is 0 Å². The predicted octanol–water partition coefficient (Wildman–Crippen LogP) is 0.858. The average molecular weight is 140 g/mol. The smallest absolute Gasteiger partial charge is 0.0974 e. The Morgan fingerprint density at radius 3 is 2.78 bits per heavy atom. The zero-order valence-corrected chi connectivity index (χ0v) is 6.03. The van der Waals surface area contributed by atoms with E-state index in [1.54, 1.807) is 11.8 Å². The minimum absolute atomic E-state index is 0.347. The van der Waals surface area contributed by atoms with Gasteiger partial charge >= 0.3 is 0 Å². The van der Waals surface area contributed by atoms with Crippen LogP contribution in [0.15, 0.2) is 11.3 Å². The van der Waals surface area contributed by atoms with E-state index in [4.69, 9.17) is 11.0 Å². The van der Waals surface area contributed by atoms with Gasteiger partial charge in [-0.1, -0.05) is 0 Å². The van der Waals surface area contributed by atoms with E-state index in [2.05, 4.69) is 6.07 Å². The molecule has 0 aromatic heterocycles. The molecule has 48 valence electrons. The van der Waals surface area contributed by atoms with Crippen LogP contribution in [0.4, 0.5) is 0 Å². The van der Waals surface area contributed by atoms with Gasteiger partial charge in [-0.15, -0.1) is 11.8 Å². The van der Waals surface area contributed by atoms with Crippen LogP contribution >= 0.6 is 11.8 Å².